The van der Waals surface area contributed by atoms with Crippen LogP contribution in [0.15, 0.2) is 42.5 Å². The van der Waals surface area contributed by atoms with Crippen LogP contribution in [0.1, 0.15) is 27.0 Å². The van der Waals surface area contributed by atoms with E-state index < -0.39 is 23.6 Å². The van der Waals surface area contributed by atoms with Crippen molar-refractivity contribution in [3.63, 3.8) is 0 Å². The summed E-state index contributed by atoms with van der Waals surface area (Å²) >= 11 is 0. The number of ether oxygens (including phenoxy) is 1. The summed E-state index contributed by atoms with van der Waals surface area (Å²) in [5.41, 5.74) is 4.91. The van der Waals surface area contributed by atoms with Crippen molar-refractivity contribution >= 4 is 11.8 Å². The van der Waals surface area contributed by atoms with Gasteiger partial charge in [0.1, 0.15) is 5.75 Å². The van der Waals surface area contributed by atoms with E-state index >= 15 is 0 Å². The molecule has 0 fully saturated rings. The predicted octanol–water partition coefficient (Wildman–Crippen LogP) is 3.16. The highest BCUT2D eigenvalue weighted by atomic mass is 19.4. The van der Waals surface area contributed by atoms with Crippen molar-refractivity contribution in [2.24, 2.45) is 0 Å². The Morgan fingerprint density at radius 2 is 1.65 bits per heavy atom. The first-order valence-corrected chi connectivity index (χ1v) is 7.62. The van der Waals surface area contributed by atoms with Crippen LogP contribution in [0.2, 0.25) is 0 Å². The van der Waals surface area contributed by atoms with Crippen LogP contribution in [0.5, 0.6) is 5.75 Å². The van der Waals surface area contributed by atoms with Crippen molar-refractivity contribution in [3.05, 3.63) is 64.7 Å². The lowest BCUT2D eigenvalue weighted by molar-refractivity contribution is -0.137. The molecule has 5 nitrogen and oxygen atoms in total. The van der Waals surface area contributed by atoms with Gasteiger partial charge in [0.05, 0.1) is 5.56 Å². The quantitative estimate of drug-likeness (QED) is 0.817. The van der Waals surface area contributed by atoms with Gasteiger partial charge in [0.2, 0.25) is 0 Å². The molecule has 0 atom stereocenters. The molecular weight excluding hydrogens is 349 g/mol. The number of alkyl halides is 3. The number of benzene rings is 2. The van der Waals surface area contributed by atoms with Crippen LogP contribution < -0.4 is 15.6 Å². The second-order valence-electron chi connectivity index (χ2n) is 5.69. The summed E-state index contributed by atoms with van der Waals surface area (Å²) in [4.78, 5) is 23.6. The number of carbonyl (C=O) groups is 2. The number of hydrogen-bond acceptors (Lipinski definition) is 3. The molecule has 0 aliphatic carbocycles. The third kappa shape index (κ3) is 5.51. The number of halogens is 3. The van der Waals surface area contributed by atoms with Gasteiger partial charge in [-0.05, 0) is 55.3 Å². The maximum Gasteiger partial charge on any atom is 0.416 e. The van der Waals surface area contributed by atoms with E-state index in [0.29, 0.717) is 11.8 Å². The van der Waals surface area contributed by atoms with Crippen LogP contribution in [0, 0.1) is 13.8 Å². The number of carbonyl (C=O) groups excluding carboxylic acids is 2. The van der Waals surface area contributed by atoms with Crippen LogP contribution in [0.3, 0.4) is 0 Å². The third-order valence-corrected chi connectivity index (χ3v) is 3.33. The van der Waals surface area contributed by atoms with Crippen LogP contribution in [-0.2, 0) is 11.0 Å². The molecule has 2 amide bonds. The van der Waals surface area contributed by atoms with Crippen LogP contribution in [0.25, 0.3) is 0 Å². The van der Waals surface area contributed by atoms with Crippen molar-refractivity contribution in [3.8, 4) is 5.75 Å². The molecule has 2 N–H and O–H groups in total. The van der Waals surface area contributed by atoms with Crippen molar-refractivity contribution in [2.45, 2.75) is 20.0 Å². The minimum Gasteiger partial charge on any atom is -0.484 e. The van der Waals surface area contributed by atoms with E-state index in [9.17, 15) is 22.8 Å². The minimum absolute atomic E-state index is 0.227. The molecular formula is C18H17F3N2O3. The van der Waals surface area contributed by atoms with Crippen LogP contribution in [0.4, 0.5) is 13.2 Å². The minimum atomic E-state index is -4.56. The van der Waals surface area contributed by atoms with E-state index in [0.717, 1.165) is 23.3 Å². The first kappa shape index (κ1) is 19.3. The Bertz CT molecular complexity index is 799. The van der Waals surface area contributed by atoms with Gasteiger partial charge in [-0.15, -0.1) is 0 Å². The molecule has 138 valence electrons. The molecule has 0 saturated carbocycles. The molecule has 0 heterocycles. The Morgan fingerprint density at radius 3 is 2.27 bits per heavy atom. The second kappa shape index (κ2) is 7.90. The highest BCUT2D eigenvalue weighted by Crippen LogP contribution is 2.29. The number of hydrazine groups is 1. The number of nitrogens with one attached hydrogen (secondary N) is 2. The van der Waals surface area contributed by atoms with Gasteiger partial charge in [0.25, 0.3) is 11.8 Å². The lowest BCUT2D eigenvalue weighted by Crippen LogP contribution is -2.43. The molecule has 0 aromatic heterocycles. The molecule has 0 aliphatic rings. The molecule has 0 unspecified atom stereocenters. The van der Waals surface area contributed by atoms with Gasteiger partial charge in [-0.2, -0.15) is 13.2 Å². The van der Waals surface area contributed by atoms with E-state index in [4.69, 9.17) is 4.74 Å². The Kier molecular flexibility index (Phi) is 5.86. The SMILES string of the molecule is Cc1cc(C)cc(OCC(=O)NNC(=O)c2cccc(C(F)(F)F)c2)c1. The molecule has 8 heteroatoms. The molecule has 0 bridgehead atoms. The Morgan fingerprint density at radius 1 is 1.00 bits per heavy atom. The molecule has 0 saturated heterocycles. The van der Waals surface area contributed by atoms with Gasteiger partial charge in [0.15, 0.2) is 6.61 Å². The van der Waals surface area contributed by atoms with Crippen LogP contribution in [-0.4, -0.2) is 18.4 Å². The summed E-state index contributed by atoms with van der Waals surface area (Å²) in [6.45, 7) is 3.41. The highest BCUT2D eigenvalue weighted by molar-refractivity contribution is 5.95. The van der Waals surface area contributed by atoms with E-state index in [1.165, 1.54) is 6.07 Å². The van der Waals surface area contributed by atoms with Gasteiger partial charge in [0, 0.05) is 5.56 Å². The van der Waals surface area contributed by atoms with E-state index in [1.807, 2.05) is 19.9 Å². The fourth-order valence-electron chi connectivity index (χ4n) is 2.24. The van der Waals surface area contributed by atoms with E-state index in [2.05, 4.69) is 10.9 Å². The lowest BCUT2D eigenvalue weighted by atomic mass is 10.1. The molecule has 2 aromatic rings. The summed E-state index contributed by atoms with van der Waals surface area (Å²) in [6, 6.07) is 9.33. The average Bonchev–Trinajstić information content (AvgIpc) is 2.56. The first-order valence-electron chi connectivity index (χ1n) is 7.62. The molecule has 0 aliphatic heterocycles. The fraction of sp³-hybridized carbons (Fsp3) is 0.222. The number of aryl methyl sites for hydroxylation is 2. The first-order chi connectivity index (χ1) is 12.1. The Balaban J connectivity index is 1.88. The van der Waals surface area contributed by atoms with Crippen molar-refractivity contribution in [1.29, 1.82) is 0 Å². The van der Waals surface area contributed by atoms with Gasteiger partial charge in [-0.1, -0.05) is 12.1 Å². The molecule has 2 rings (SSSR count). The van der Waals surface area contributed by atoms with Crippen molar-refractivity contribution in [2.75, 3.05) is 6.61 Å². The zero-order valence-corrected chi connectivity index (χ0v) is 14.1. The zero-order valence-electron chi connectivity index (χ0n) is 14.1. The normalized spacial score (nSPS) is 11.0. The van der Waals surface area contributed by atoms with E-state index in [-0.39, 0.29) is 12.2 Å². The zero-order chi connectivity index (χ0) is 19.3. The highest BCUT2D eigenvalue weighted by Gasteiger charge is 2.30. The van der Waals surface area contributed by atoms with Crippen molar-refractivity contribution in [1.82, 2.24) is 10.9 Å². The van der Waals surface area contributed by atoms with Crippen LogP contribution >= 0.6 is 0 Å². The fourth-order valence-corrected chi connectivity index (χ4v) is 2.24. The van der Waals surface area contributed by atoms with Gasteiger partial charge >= 0.3 is 6.18 Å². The molecule has 2 aromatic carbocycles. The van der Waals surface area contributed by atoms with E-state index in [1.54, 1.807) is 12.1 Å². The average molecular weight is 366 g/mol. The van der Waals surface area contributed by atoms with Crippen molar-refractivity contribution < 1.29 is 27.5 Å². The maximum atomic E-state index is 12.6. The second-order valence-corrected chi connectivity index (χ2v) is 5.69. The summed E-state index contributed by atoms with van der Waals surface area (Å²) in [5, 5.41) is 0. The Hall–Kier alpha value is -3.03. The standard InChI is InChI=1S/C18H17F3N2O3/c1-11-6-12(2)8-15(7-11)26-10-16(24)22-23-17(25)13-4-3-5-14(9-13)18(19,20)21/h3-9H,10H2,1-2H3,(H,22,24)(H,23,25). The van der Waals surface area contributed by atoms with Gasteiger partial charge < -0.3 is 4.74 Å². The predicted molar refractivity (Wildman–Crippen MR) is 88.5 cm³/mol. The Labute approximate surface area is 148 Å². The van der Waals surface area contributed by atoms with Gasteiger partial charge in [-0.25, -0.2) is 0 Å². The monoisotopic (exact) mass is 366 g/mol. The molecule has 0 radical (unpaired) electrons. The summed E-state index contributed by atoms with van der Waals surface area (Å²) in [6.07, 6.45) is -4.56. The number of rotatable bonds is 4. The maximum absolute atomic E-state index is 12.6. The lowest BCUT2D eigenvalue weighted by Gasteiger charge is -2.11. The molecule has 0 spiro atoms. The largest absolute Gasteiger partial charge is 0.484 e. The third-order valence-electron chi connectivity index (χ3n) is 3.33. The number of hydrogen-bond donors (Lipinski definition) is 2. The topological polar surface area (TPSA) is 67.4 Å². The van der Waals surface area contributed by atoms with Gasteiger partial charge in [-0.3, -0.25) is 20.4 Å². The summed E-state index contributed by atoms with van der Waals surface area (Å²) < 4.78 is 43.3. The molecule has 26 heavy (non-hydrogen) atoms. The number of amides is 2. The smallest absolute Gasteiger partial charge is 0.416 e. The summed E-state index contributed by atoms with van der Waals surface area (Å²) in [7, 11) is 0. The summed E-state index contributed by atoms with van der Waals surface area (Å²) in [5.74, 6) is -1.01.